The SMILES string of the molecule is CCc1cccc(C)c1NC(=O)C(=O)Nc1ccccc1OC. The van der Waals surface area contributed by atoms with Gasteiger partial charge in [-0.2, -0.15) is 0 Å². The molecule has 5 heteroatoms. The van der Waals surface area contributed by atoms with Crippen LogP contribution in [0.1, 0.15) is 18.1 Å². The van der Waals surface area contributed by atoms with Gasteiger partial charge in [-0.05, 0) is 36.6 Å². The van der Waals surface area contributed by atoms with Crippen molar-refractivity contribution in [2.24, 2.45) is 0 Å². The van der Waals surface area contributed by atoms with Crippen molar-refractivity contribution in [2.45, 2.75) is 20.3 Å². The molecule has 0 bridgehead atoms. The first kappa shape index (κ1) is 16.5. The van der Waals surface area contributed by atoms with Crippen LogP contribution in [0.3, 0.4) is 0 Å². The number of carbonyl (C=O) groups excluding carboxylic acids is 2. The van der Waals surface area contributed by atoms with E-state index in [0.717, 1.165) is 17.5 Å². The van der Waals surface area contributed by atoms with E-state index in [9.17, 15) is 9.59 Å². The molecule has 0 spiro atoms. The van der Waals surface area contributed by atoms with Crippen LogP contribution in [-0.2, 0) is 16.0 Å². The second-order valence-corrected chi connectivity index (χ2v) is 5.07. The molecular formula is C18H20N2O3. The number of amides is 2. The summed E-state index contributed by atoms with van der Waals surface area (Å²) >= 11 is 0. The van der Waals surface area contributed by atoms with Crippen LogP contribution in [-0.4, -0.2) is 18.9 Å². The van der Waals surface area contributed by atoms with Crippen molar-refractivity contribution in [1.82, 2.24) is 0 Å². The number of methoxy groups -OCH3 is 1. The molecule has 2 aromatic rings. The van der Waals surface area contributed by atoms with E-state index in [2.05, 4.69) is 10.6 Å². The molecule has 0 heterocycles. The smallest absolute Gasteiger partial charge is 0.314 e. The molecule has 2 amide bonds. The van der Waals surface area contributed by atoms with Crippen LogP contribution in [0.2, 0.25) is 0 Å². The molecule has 0 saturated carbocycles. The zero-order valence-corrected chi connectivity index (χ0v) is 13.5. The maximum Gasteiger partial charge on any atom is 0.314 e. The van der Waals surface area contributed by atoms with Crippen molar-refractivity contribution in [3.05, 3.63) is 53.6 Å². The number of carbonyl (C=O) groups is 2. The Morgan fingerprint density at radius 3 is 2.39 bits per heavy atom. The summed E-state index contributed by atoms with van der Waals surface area (Å²) in [6.45, 7) is 3.90. The summed E-state index contributed by atoms with van der Waals surface area (Å²) in [6.07, 6.45) is 0.769. The number of benzene rings is 2. The third-order valence-corrected chi connectivity index (χ3v) is 3.54. The lowest BCUT2D eigenvalue weighted by molar-refractivity contribution is -0.133. The standard InChI is InChI=1S/C18H20N2O3/c1-4-13-9-7-8-12(2)16(13)20-18(22)17(21)19-14-10-5-6-11-15(14)23-3/h5-11H,4H2,1-3H3,(H,19,21)(H,20,22). The van der Waals surface area contributed by atoms with Gasteiger partial charge < -0.3 is 15.4 Å². The van der Waals surface area contributed by atoms with Gasteiger partial charge >= 0.3 is 11.8 Å². The van der Waals surface area contributed by atoms with Crippen LogP contribution in [0, 0.1) is 6.92 Å². The van der Waals surface area contributed by atoms with Gasteiger partial charge in [0.15, 0.2) is 0 Å². The van der Waals surface area contributed by atoms with Crippen molar-refractivity contribution in [3.63, 3.8) is 0 Å². The minimum atomic E-state index is -0.736. The molecular weight excluding hydrogens is 292 g/mol. The molecule has 5 nitrogen and oxygen atoms in total. The predicted molar refractivity (Wildman–Crippen MR) is 90.8 cm³/mol. The maximum absolute atomic E-state index is 12.2. The van der Waals surface area contributed by atoms with E-state index in [-0.39, 0.29) is 0 Å². The lowest BCUT2D eigenvalue weighted by atomic mass is 10.1. The van der Waals surface area contributed by atoms with Crippen molar-refractivity contribution >= 4 is 23.2 Å². The number of hydrogen-bond donors (Lipinski definition) is 2. The van der Waals surface area contributed by atoms with Crippen molar-refractivity contribution in [1.29, 1.82) is 0 Å². The molecule has 0 aliphatic carbocycles. The predicted octanol–water partition coefficient (Wildman–Crippen LogP) is 3.14. The van der Waals surface area contributed by atoms with E-state index in [1.54, 1.807) is 24.3 Å². The molecule has 0 aliphatic heterocycles. The molecule has 2 N–H and O–H groups in total. The number of hydrogen-bond acceptors (Lipinski definition) is 3. The summed E-state index contributed by atoms with van der Waals surface area (Å²) in [5.74, 6) is -0.946. The second kappa shape index (κ2) is 7.45. The third kappa shape index (κ3) is 3.88. The molecule has 0 unspecified atom stereocenters. The highest BCUT2D eigenvalue weighted by atomic mass is 16.5. The van der Waals surface area contributed by atoms with Gasteiger partial charge in [-0.1, -0.05) is 37.3 Å². The first-order valence-electron chi connectivity index (χ1n) is 7.40. The van der Waals surface area contributed by atoms with Crippen LogP contribution >= 0.6 is 0 Å². The number of ether oxygens (including phenoxy) is 1. The van der Waals surface area contributed by atoms with E-state index >= 15 is 0 Å². The molecule has 0 atom stereocenters. The quantitative estimate of drug-likeness (QED) is 0.852. The Labute approximate surface area is 135 Å². The molecule has 120 valence electrons. The number of aryl methyl sites for hydroxylation is 2. The van der Waals surface area contributed by atoms with Gasteiger partial charge in [0, 0.05) is 5.69 Å². The van der Waals surface area contributed by atoms with E-state index in [0.29, 0.717) is 17.1 Å². The monoisotopic (exact) mass is 312 g/mol. The van der Waals surface area contributed by atoms with E-state index in [1.165, 1.54) is 7.11 Å². The number of rotatable bonds is 4. The van der Waals surface area contributed by atoms with Crippen LogP contribution in [0.25, 0.3) is 0 Å². The minimum Gasteiger partial charge on any atom is -0.495 e. The van der Waals surface area contributed by atoms with Crippen LogP contribution in [0.15, 0.2) is 42.5 Å². The molecule has 23 heavy (non-hydrogen) atoms. The number of para-hydroxylation sites is 3. The first-order chi connectivity index (χ1) is 11.1. The molecule has 0 saturated heterocycles. The molecule has 0 aromatic heterocycles. The highest BCUT2D eigenvalue weighted by Gasteiger charge is 2.17. The fourth-order valence-corrected chi connectivity index (χ4v) is 2.30. The van der Waals surface area contributed by atoms with E-state index in [1.807, 2.05) is 32.0 Å². The van der Waals surface area contributed by atoms with Gasteiger partial charge in [0.25, 0.3) is 0 Å². The summed E-state index contributed by atoms with van der Waals surface area (Å²) in [6, 6.07) is 12.7. The number of anilines is 2. The minimum absolute atomic E-state index is 0.454. The van der Waals surface area contributed by atoms with E-state index in [4.69, 9.17) is 4.74 Å². The Morgan fingerprint density at radius 2 is 1.70 bits per heavy atom. The number of nitrogens with one attached hydrogen (secondary N) is 2. The van der Waals surface area contributed by atoms with Crippen LogP contribution in [0.4, 0.5) is 11.4 Å². The van der Waals surface area contributed by atoms with Gasteiger partial charge in [-0.25, -0.2) is 0 Å². The average molecular weight is 312 g/mol. The van der Waals surface area contributed by atoms with Gasteiger partial charge in [-0.3, -0.25) is 9.59 Å². The summed E-state index contributed by atoms with van der Waals surface area (Å²) in [7, 11) is 1.51. The third-order valence-electron chi connectivity index (χ3n) is 3.54. The Balaban J connectivity index is 2.14. The van der Waals surface area contributed by atoms with E-state index < -0.39 is 11.8 Å². The van der Waals surface area contributed by atoms with Gasteiger partial charge in [0.2, 0.25) is 0 Å². The highest BCUT2D eigenvalue weighted by Crippen LogP contribution is 2.24. The maximum atomic E-state index is 12.2. The summed E-state index contributed by atoms with van der Waals surface area (Å²) in [5, 5.41) is 5.26. The van der Waals surface area contributed by atoms with Gasteiger partial charge in [-0.15, -0.1) is 0 Å². The molecule has 0 aliphatic rings. The lowest BCUT2D eigenvalue weighted by Gasteiger charge is -2.13. The van der Waals surface area contributed by atoms with Crippen molar-refractivity contribution in [2.75, 3.05) is 17.7 Å². The zero-order chi connectivity index (χ0) is 16.8. The second-order valence-electron chi connectivity index (χ2n) is 5.07. The molecule has 0 fully saturated rings. The highest BCUT2D eigenvalue weighted by molar-refractivity contribution is 6.44. The fourth-order valence-electron chi connectivity index (χ4n) is 2.30. The summed E-state index contributed by atoms with van der Waals surface area (Å²) < 4.78 is 5.15. The first-order valence-corrected chi connectivity index (χ1v) is 7.40. The molecule has 0 radical (unpaired) electrons. The summed E-state index contributed by atoms with van der Waals surface area (Å²) in [5.41, 5.74) is 3.05. The largest absolute Gasteiger partial charge is 0.495 e. The van der Waals surface area contributed by atoms with Gasteiger partial charge in [0.1, 0.15) is 5.75 Å². The van der Waals surface area contributed by atoms with Crippen LogP contribution < -0.4 is 15.4 Å². The average Bonchev–Trinajstić information content (AvgIpc) is 2.57. The Hall–Kier alpha value is -2.82. The van der Waals surface area contributed by atoms with Crippen molar-refractivity contribution in [3.8, 4) is 5.75 Å². The Kier molecular flexibility index (Phi) is 5.36. The fraction of sp³-hybridized carbons (Fsp3) is 0.222. The van der Waals surface area contributed by atoms with Crippen molar-refractivity contribution < 1.29 is 14.3 Å². The van der Waals surface area contributed by atoms with Gasteiger partial charge in [0.05, 0.1) is 12.8 Å². The lowest BCUT2D eigenvalue weighted by Crippen LogP contribution is -2.29. The normalized spacial score (nSPS) is 10.0. The Bertz CT molecular complexity index is 726. The Morgan fingerprint density at radius 1 is 1.00 bits per heavy atom. The summed E-state index contributed by atoms with van der Waals surface area (Å²) in [4.78, 5) is 24.3. The van der Waals surface area contributed by atoms with Crippen LogP contribution in [0.5, 0.6) is 5.75 Å². The molecule has 2 rings (SSSR count). The topological polar surface area (TPSA) is 67.4 Å². The zero-order valence-electron chi connectivity index (χ0n) is 13.5. The molecule has 2 aromatic carbocycles.